The molecule has 0 amide bonds. The van der Waals surface area contributed by atoms with Gasteiger partial charge < -0.3 is 19.6 Å². The molecule has 11 heavy (non-hydrogen) atoms. The molecular formula is H5NaO7P2V. The normalized spacial score (nSPS) is 11.3. The van der Waals surface area contributed by atoms with E-state index in [0.717, 1.165) is 0 Å². The van der Waals surface area contributed by atoms with E-state index in [2.05, 4.69) is 4.31 Å². The van der Waals surface area contributed by atoms with Gasteiger partial charge in [-0.3, -0.25) is 0 Å². The van der Waals surface area contributed by atoms with E-state index < -0.39 is 15.6 Å². The van der Waals surface area contributed by atoms with Crippen molar-refractivity contribution >= 4 is 45.2 Å². The maximum atomic E-state index is 9.63. The van der Waals surface area contributed by atoms with Crippen molar-refractivity contribution in [3.05, 3.63) is 0 Å². The van der Waals surface area contributed by atoms with Crippen LogP contribution in [0.1, 0.15) is 0 Å². The second-order valence-electron chi connectivity index (χ2n) is 1.06. The minimum absolute atomic E-state index is 0. The third-order valence-corrected chi connectivity index (χ3v) is 1.91. The van der Waals surface area contributed by atoms with Gasteiger partial charge in [-0.25, -0.2) is 9.13 Å². The molecule has 0 aromatic rings. The quantitative estimate of drug-likeness (QED) is 0.350. The monoisotopic (exact) mass is 253 g/mol. The van der Waals surface area contributed by atoms with Crippen LogP contribution in [-0.2, 0) is 32.0 Å². The molecule has 0 fully saturated rings. The van der Waals surface area contributed by atoms with Crippen molar-refractivity contribution in [1.29, 1.82) is 0 Å². The average Bonchev–Trinajstić information content (AvgIpc) is 1.14. The van der Waals surface area contributed by atoms with Crippen LogP contribution in [0, 0.1) is 0 Å². The predicted molar refractivity (Wildman–Crippen MR) is 32.3 cm³/mol. The smallest absolute Gasteiger partial charge is 0 e. The first kappa shape index (κ1) is 18.6. The van der Waals surface area contributed by atoms with Gasteiger partial charge in [-0.15, -0.1) is 0 Å². The summed E-state index contributed by atoms with van der Waals surface area (Å²) >= 11 is 0. The molecule has 0 heterocycles. The molecule has 0 bridgehead atoms. The molecular weight excluding hydrogens is 248 g/mol. The molecule has 0 saturated carbocycles. The zero-order chi connectivity index (χ0) is 7.71. The Morgan fingerprint density at radius 3 is 1.09 bits per heavy atom. The van der Waals surface area contributed by atoms with Gasteiger partial charge in [0, 0.05) is 18.6 Å². The van der Waals surface area contributed by atoms with Crippen molar-refractivity contribution in [3.8, 4) is 0 Å². The zero-order valence-corrected chi connectivity index (χ0v) is 7.54. The Morgan fingerprint density at radius 1 is 0.909 bits per heavy atom. The fourth-order valence-corrected chi connectivity index (χ4v) is 1.25. The molecule has 0 aliphatic rings. The van der Waals surface area contributed by atoms with E-state index in [0.29, 0.717) is 0 Å². The Morgan fingerprint density at radius 2 is 1.09 bits per heavy atom. The summed E-state index contributed by atoms with van der Waals surface area (Å²) in [5.41, 5.74) is 0. The van der Waals surface area contributed by atoms with Crippen molar-refractivity contribution in [2.75, 3.05) is 0 Å². The first-order valence-electron chi connectivity index (χ1n) is 1.53. The molecule has 1 radical (unpaired) electrons. The number of hydrogen-bond acceptors (Lipinski definition) is 3. The first-order chi connectivity index (χ1) is 3.71. The molecule has 7 nitrogen and oxygen atoms in total. The van der Waals surface area contributed by atoms with Gasteiger partial charge in [0.2, 0.25) is 0 Å². The molecule has 0 aliphatic carbocycles. The molecule has 0 aromatic heterocycles. The third-order valence-electron chi connectivity index (χ3n) is 0.213. The van der Waals surface area contributed by atoms with Crippen LogP contribution in [-0.4, -0.2) is 49.1 Å². The molecule has 63 valence electrons. The van der Waals surface area contributed by atoms with E-state index in [-0.39, 0.29) is 48.1 Å². The molecule has 0 rings (SSSR count). The molecule has 0 aliphatic heterocycles. The summed E-state index contributed by atoms with van der Waals surface area (Å²) in [6, 6.07) is 0. The Labute approximate surface area is 96.2 Å². The summed E-state index contributed by atoms with van der Waals surface area (Å²) in [6.45, 7) is 0. The molecule has 11 heteroatoms. The van der Waals surface area contributed by atoms with E-state index in [1.165, 1.54) is 0 Å². The second kappa shape index (κ2) is 6.32. The van der Waals surface area contributed by atoms with E-state index in [9.17, 15) is 9.13 Å². The molecule has 4 N–H and O–H groups in total. The van der Waals surface area contributed by atoms with Crippen LogP contribution in [0.4, 0.5) is 0 Å². The third kappa shape index (κ3) is 18.7. The second-order valence-corrected chi connectivity index (χ2v) is 3.68. The molecule has 0 saturated heterocycles. The summed E-state index contributed by atoms with van der Waals surface area (Å²) in [5, 5.41) is 0. The van der Waals surface area contributed by atoms with Gasteiger partial charge >= 0.3 is 45.2 Å². The van der Waals surface area contributed by atoms with Crippen LogP contribution < -0.4 is 0 Å². The van der Waals surface area contributed by atoms with E-state index in [4.69, 9.17) is 19.6 Å². The Balaban J connectivity index is -0.000000320. The predicted octanol–water partition coefficient (Wildman–Crippen LogP) is -1.46. The van der Waals surface area contributed by atoms with Crippen LogP contribution in [0.25, 0.3) is 0 Å². The van der Waals surface area contributed by atoms with Crippen LogP contribution in [0.3, 0.4) is 0 Å². The topological polar surface area (TPSA) is 124 Å². The van der Waals surface area contributed by atoms with Crippen LogP contribution in [0.5, 0.6) is 0 Å². The van der Waals surface area contributed by atoms with Crippen molar-refractivity contribution in [2.45, 2.75) is 0 Å². The number of rotatable bonds is 2. The van der Waals surface area contributed by atoms with Crippen LogP contribution >= 0.6 is 15.6 Å². The minimum atomic E-state index is -5.05. The van der Waals surface area contributed by atoms with Gasteiger partial charge in [-0.2, -0.15) is 4.31 Å². The van der Waals surface area contributed by atoms with E-state index >= 15 is 0 Å². The molecule has 0 spiro atoms. The van der Waals surface area contributed by atoms with Gasteiger partial charge in [-0.1, -0.05) is 0 Å². The van der Waals surface area contributed by atoms with Crippen molar-refractivity contribution in [1.82, 2.24) is 0 Å². The first-order valence-corrected chi connectivity index (χ1v) is 4.59. The van der Waals surface area contributed by atoms with Crippen molar-refractivity contribution in [3.63, 3.8) is 0 Å². The summed E-state index contributed by atoms with van der Waals surface area (Å²) in [6.07, 6.45) is 0. The van der Waals surface area contributed by atoms with Gasteiger partial charge in [-0.05, 0) is 0 Å². The maximum absolute atomic E-state index is 9.63. The van der Waals surface area contributed by atoms with Gasteiger partial charge in [0.15, 0.2) is 0 Å². The molecule has 0 aromatic carbocycles. The van der Waals surface area contributed by atoms with Crippen LogP contribution in [0.2, 0.25) is 0 Å². The van der Waals surface area contributed by atoms with Gasteiger partial charge in [0.25, 0.3) is 0 Å². The SMILES string of the molecule is O=P(O)(O)OP(=O)(O)O.[NaH].[V]. The van der Waals surface area contributed by atoms with Crippen molar-refractivity contribution < 1.29 is 51.6 Å². The fourth-order valence-electron chi connectivity index (χ4n) is 0.139. The number of phosphoric acid groups is 2. The minimum Gasteiger partial charge on any atom is 0 e. The van der Waals surface area contributed by atoms with Crippen molar-refractivity contribution in [2.24, 2.45) is 0 Å². The Kier molecular flexibility index (Phi) is 10.7. The Bertz CT molecular complexity index is 157. The zero-order valence-electron chi connectivity index (χ0n) is 4.36. The summed E-state index contributed by atoms with van der Waals surface area (Å²) in [5.74, 6) is 0. The molecule has 0 unspecified atom stereocenters. The summed E-state index contributed by atoms with van der Waals surface area (Å²) in [4.78, 5) is 31.0. The standard InChI is InChI=1S/Na.H4O7P2.V.H/c;1-8(2,3)7-9(4,5)6;;/h;(H2,1,2,3)(H2,4,5,6);;. The molecule has 0 atom stereocenters. The van der Waals surface area contributed by atoms with E-state index in [1.54, 1.807) is 0 Å². The summed E-state index contributed by atoms with van der Waals surface area (Å²) < 4.78 is 22.2. The number of hydrogen-bond donors (Lipinski definition) is 4. The van der Waals surface area contributed by atoms with Gasteiger partial charge in [0.05, 0.1) is 0 Å². The maximum Gasteiger partial charge on any atom is 0 e. The Hall–Kier alpha value is 1.84. The van der Waals surface area contributed by atoms with Gasteiger partial charge in [0.1, 0.15) is 0 Å². The largest absolute Gasteiger partial charge is 0 e. The fraction of sp³-hybridized carbons (Fsp3) is 0. The summed E-state index contributed by atoms with van der Waals surface area (Å²) in [7, 11) is -10.1. The van der Waals surface area contributed by atoms with Crippen LogP contribution in [0.15, 0.2) is 0 Å². The average molecular weight is 253 g/mol. The van der Waals surface area contributed by atoms with E-state index in [1.807, 2.05) is 0 Å².